The molecular weight excluding hydrogens is 201 g/mol. The van der Waals surface area contributed by atoms with Crippen LogP contribution in [0.5, 0.6) is 0 Å². The zero-order valence-electron chi connectivity index (χ0n) is 5.16. The lowest BCUT2D eigenvalue weighted by molar-refractivity contribution is 0.464. The molecule has 0 aromatic carbocycles. The summed E-state index contributed by atoms with van der Waals surface area (Å²) < 4.78 is 29.3. The molecule has 0 spiro atoms. The highest BCUT2D eigenvalue weighted by atomic mass is 35.5. The standard InChI is InChI=1S/C3H7Cl2NO3S/c1-3(6(4)5)2-10(7,8)9/h3H,2H2,1H3,(H,7,8,9). The van der Waals surface area contributed by atoms with Gasteiger partial charge in [-0.2, -0.15) is 8.42 Å². The van der Waals surface area contributed by atoms with Crippen LogP contribution in [0.1, 0.15) is 6.92 Å². The van der Waals surface area contributed by atoms with E-state index in [1.807, 2.05) is 0 Å². The third-order valence-electron chi connectivity index (χ3n) is 0.785. The van der Waals surface area contributed by atoms with Crippen LogP contribution in [0.25, 0.3) is 0 Å². The van der Waals surface area contributed by atoms with E-state index in [-0.39, 0.29) is 0 Å². The summed E-state index contributed by atoms with van der Waals surface area (Å²) in [6.45, 7) is 1.47. The minimum Gasteiger partial charge on any atom is -0.285 e. The van der Waals surface area contributed by atoms with Gasteiger partial charge in [0, 0.05) is 0 Å². The van der Waals surface area contributed by atoms with Crippen molar-refractivity contribution in [2.75, 3.05) is 5.75 Å². The van der Waals surface area contributed by atoms with E-state index in [0.717, 1.165) is 0 Å². The zero-order valence-corrected chi connectivity index (χ0v) is 7.49. The molecule has 1 atom stereocenters. The molecule has 1 unspecified atom stereocenters. The van der Waals surface area contributed by atoms with Crippen LogP contribution in [0.15, 0.2) is 0 Å². The molecule has 0 saturated heterocycles. The van der Waals surface area contributed by atoms with Gasteiger partial charge in [0.1, 0.15) is 0 Å². The van der Waals surface area contributed by atoms with Crippen LogP contribution in [-0.4, -0.2) is 28.7 Å². The number of rotatable bonds is 3. The molecule has 0 saturated carbocycles. The smallest absolute Gasteiger partial charge is 0.266 e. The lowest BCUT2D eigenvalue weighted by atomic mass is 10.4. The van der Waals surface area contributed by atoms with Crippen molar-refractivity contribution < 1.29 is 13.0 Å². The summed E-state index contributed by atoms with van der Waals surface area (Å²) in [6.07, 6.45) is 0. The van der Waals surface area contributed by atoms with Gasteiger partial charge in [-0.15, -0.1) is 3.94 Å². The van der Waals surface area contributed by atoms with E-state index in [9.17, 15) is 8.42 Å². The minimum atomic E-state index is -3.98. The highest BCUT2D eigenvalue weighted by Gasteiger charge is 2.16. The van der Waals surface area contributed by atoms with Crippen molar-refractivity contribution in [2.24, 2.45) is 0 Å². The summed E-state index contributed by atoms with van der Waals surface area (Å²) in [4.78, 5) is 0. The Morgan fingerprint density at radius 1 is 1.60 bits per heavy atom. The van der Waals surface area contributed by atoms with Gasteiger partial charge in [0.05, 0.1) is 11.8 Å². The quantitative estimate of drug-likeness (QED) is 0.552. The van der Waals surface area contributed by atoms with Crippen molar-refractivity contribution in [1.29, 1.82) is 0 Å². The Kier molecular flexibility index (Phi) is 3.90. The third-order valence-corrected chi connectivity index (χ3v) is 2.36. The summed E-state index contributed by atoms with van der Waals surface area (Å²) >= 11 is 10.3. The van der Waals surface area contributed by atoms with Gasteiger partial charge in [-0.25, -0.2) is 0 Å². The molecule has 0 fully saturated rings. The molecule has 0 aromatic heterocycles. The van der Waals surface area contributed by atoms with Crippen LogP contribution in [0, 0.1) is 0 Å². The molecule has 0 amide bonds. The maximum atomic E-state index is 10.2. The molecule has 0 aromatic rings. The molecule has 10 heavy (non-hydrogen) atoms. The molecule has 0 rings (SSSR count). The average molecular weight is 208 g/mol. The monoisotopic (exact) mass is 207 g/mol. The van der Waals surface area contributed by atoms with E-state index in [4.69, 9.17) is 28.1 Å². The average Bonchev–Trinajstić information content (AvgIpc) is 1.60. The second-order valence-corrected chi connectivity index (χ2v) is 4.26. The first kappa shape index (κ1) is 10.4. The number of hydrogen-bond donors (Lipinski definition) is 1. The molecule has 0 aliphatic rings. The van der Waals surface area contributed by atoms with Gasteiger partial charge in [0.2, 0.25) is 0 Å². The Labute approximate surface area is 69.7 Å². The highest BCUT2D eigenvalue weighted by molar-refractivity contribution is 7.85. The largest absolute Gasteiger partial charge is 0.285 e. The fraction of sp³-hybridized carbons (Fsp3) is 1.00. The predicted molar refractivity (Wildman–Crippen MR) is 39.4 cm³/mol. The second-order valence-electron chi connectivity index (χ2n) is 1.86. The number of nitrogens with zero attached hydrogens (tertiary/aromatic N) is 1. The molecule has 62 valence electrons. The minimum absolute atomic E-state index is 0.472. The van der Waals surface area contributed by atoms with Crippen LogP contribution in [0.2, 0.25) is 0 Å². The summed E-state index contributed by atoms with van der Waals surface area (Å²) in [5, 5.41) is 0. The summed E-state index contributed by atoms with van der Waals surface area (Å²) in [5.74, 6) is -0.472. The van der Waals surface area contributed by atoms with Gasteiger partial charge in [-0.05, 0) is 30.5 Å². The van der Waals surface area contributed by atoms with Crippen LogP contribution < -0.4 is 0 Å². The van der Waals surface area contributed by atoms with Gasteiger partial charge in [-0.1, -0.05) is 0 Å². The number of hydrogen-bond acceptors (Lipinski definition) is 3. The van der Waals surface area contributed by atoms with Crippen LogP contribution in [0.4, 0.5) is 0 Å². The summed E-state index contributed by atoms with van der Waals surface area (Å²) in [7, 11) is -3.98. The second kappa shape index (κ2) is 3.73. The van der Waals surface area contributed by atoms with Crippen molar-refractivity contribution >= 4 is 33.7 Å². The molecule has 4 nitrogen and oxygen atoms in total. The maximum Gasteiger partial charge on any atom is 0.266 e. The van der Waals surface area contributed by atoms with Crippen LogP contribution in [0.3, 0.4) is 0 Å². The van der Waals surface area contributed by atoms with Gasteiger partial charge >= 0.3 is 0 Å². The van der Waals surface area contributed by atoms with Gasteiger partial charge in [0.15, 0.2) is 0 Å². The Balaban J connectivity index is 3.93. The van der Waals surface area contributed by atoms with Gasteiger partial charge in [-0.3, -0.25) is 4.55 Å². The Hall–Kier alpha value is 0.450. The van der Waals surface area contributed by atoms with Crippen molar-refractivity contribution in [2.45, 2.75) is 13.0 Å². The summed E-state index contributed by atoms with van der Waals surface area (Å²) in [6, 6.07) is -0.613. The topological polar surface area (TPSA) is 57.6 Å². The Morgan fingerprint density at radius 2 is 2.00 bits per heavy atom. The van der Waals surface area contributed by atoms with E-state index >= 15 is 0 Å². The fourth-order valence-electron chi connectivity index (χ4n) is 0.361. The van der Waals surface area contributed by atoms with Crippen LogP contribution >= 0.6 is 23.6 Å². The molecule has 7 heteroatoms. The lowest BCUT2D eigenvalue weighted by Gasteiger charge is -2.10. The first-order valence-corrected chi connectivity index (χ1v) is 4.67. The molecule has 0 aliphatic carbocycles. The fourth-order valence-corrected chi connectivity index (χ4v) is 1.42. The van der Waals surface area contributed by atoms with E-state index in [1.54, 1.807) is 0 Å². The van der Waals surface area contributed by atoms with E-state index < -0.39 is 21.9 Å². The Morgan fingerprint density at radius 3 is 2.10 bits per heavy atom. The first-order chi connectivity index (χ1) is 4.33. The molecule has 1 N–H and O–H groups in total. The molecule has 0 aliphatic heterocycles. The normalized spacial score (nSPS) is 15.7. The van der Waals surface area contributed by atoms with Crippen molar-refractivity contribution in [3.63, 3.8) is 0 Å². The van der Waals surface area contributed by atoms with Gasteiger partial charge in [0.25, 0.3) is 10.1 Å². The summed E-state index contributed by atoms with van der Waals surface area (Å²) in [5.41, 5.74) is 0. The molecule has 0 radical (unpaired) electrons. The van der Waals surface area contributed by atoms with Crippen molar-refractivity contribution in [3.05, 3.63) is 0 Å². The molecular formula is C3H7Cl2NO3S. The molecule has 0 bridgehead atoms. The highest BCUT2D eigenvalue weighted by Crippen LogP contribution is 2.07. The first-order valence-electron chi connectivity index (χ1n) is 2.39. The van der Waals surface area contributed by atoms with E-state index in [2.05, 4.69) is 0 Å². The molecule has 0 heterocycles. The Bertz CT molecular complexity index is 190. The third kappa shape index (κ3) is 5.25. The number of halogens is 2. The maximum absolute atomic E-state index is 10.2. The lowest BCUT2D eigenvalue weighted by Crippen LogP contribution is -2.25. The van der Waals surface area contributed by atoms with Crippen molar-refractivity contribution in [3.8, 4) is 0 Å². The zero-order chi connectivity index (χ0) is 8.36. The van der Waals surface area contributed by atoms with E-state index in [1.165, 1.54) is 6.92 Å². The SMILES string of the molecule is CC(CS(=O)(=O)O)N(Cl)Cl. The van der Waals surface area contributed by atoms with E-state index in [0.29, 0.717) is 3.94 Å². The van der Waals surface area contributed by atoms with Crippen LogP contribution in [-0.2, 0) is 10.1 Å². The predicted octanol–water partition coefficient (Wildman–Crippen LogP) is 0.872. The van der Waals surface area contributed by atoms with Gasteiger partial charge < -0.3 is 0 Å². The van der Waals surface area contributed by atoms with Crippen molar-refractivity contribution in [1.82, 2.24) is 3.94 Å².